The number of nitrogens with one attached hydrogen (secondary N) is 1. The molecule has 0 spiro atoms. The van der Waals surface area contributed by atoms with E-state index in [0.29, 0.717) is 24.7 Å². The van der Waals surface area contributed by atoms with Crippen LogP contribution in [0.15, 0.2) is 41.8 Å². The van der Waals surface area contributed by atoms with E-state index in [9.17, 15) is 4.79 Å². The highest BCUT2D eigenvalue weighted by Gasteiger charge is 2.13. The summed E-state index contributed by atoms with van der Waals surface area (Å²) in [5, 5.41) is 4.94. The minimum Gasteiger partial charge on any atom is -0.399 e. The van der Waals surface area contributed by atoms with Crippen molar-refractivity contribution < 1.29 is 4.79 Å². The predicted octanol–water partition coefficient (Wildman–Crippen LogP) is 3.35. The zero-order chi connectivity index (χ0) is 15.2. The molecule has 0 aliphatic carbocycles. The molecule has 0 aliphatic rings. The van der Waals surface area contributed by atoms with E-state index in [4.69, 9.17) is 5.73 Å². The maximum atomic E-state index is 12.0. The minimum atomic E-state index is 0.00540. The highest BCUT2D eigenvalue weighted by atomic mass is 32.1. The second-order valence-corrected chi connectivity index (χ2v) is 6.07. The van der Waals surface area contributed by atoms with Gasteiger partial charge in [0.1, 0.15) is 0 Å². The minimum absolute atomic E-state index is 0.00540. The SMILES string of the molecule is CC(c1cccs1)N(C)CCC(=O)Nc1cccc(N)c1. The number of carbonyl (C=O) groups is 1. The van der Waals surface area contributed by atoms with Crippen LogP contribution in [0.2, 0.25) is 0 Å². The summed E-state index contributed by atoms with van der Waals surface area (Å²) in [5.41, 5.74) is 7.09. The molecular weight excluding hydrogens is 282 g/mol. The first kappa shape index (κ1) is 15.5. The first-order valence-corrected chi connectivity index (χ1v) is 7.83. The molecule has 5 heteroatoms. The van der Waals surface area contributed by atoms with Crippen LogP contribution in [0, 0.1) is 0 Å². The number of thiophene rings is 1. The van der Waals surface area contributed by atoms with Crippen molar-refractivity contribution in [3.05, 3.63) is 46.7 Å². The van der Waals surface area contributed by atoms with Crippen LogP contribution in [0.3, 0.4) is 0 Å². The molecule has 0 saturated heterocycles. The van der Waals surface area contributed by atoms with Gasteiger partial charge >= 0.3 is 0 Å². The lowest BCUT2D eigenvalue weighted by Gasteiger charge is -2.23. The molecule has 4 nitrogen and oxygen atoms in total. The fourth-order valence-electron chi connectivity index (χ4n) is 2.06. The standard InChI is InChI=1S/C16H21N3OS/c1-12(15-7-4-10-21-15)19(2)9-8-16(20)18-14-6-3-5-13(17)11-14/h3-7,10-12H,8-9,17H2,1-2H3,(H,18,20). The van der Waals surface area contributed by atoms with Gasteiger partial charge in [0, 0.05) is 35.3 Å². The number of hydrogen-bond acceptors (Lipinski definition) is 4. The number of benzene rings is 1. The van der Waals surface area contributed by atoms with Crippen molar-refractivity contribution >= 4 is 28.6 Å². The van der Waals surface area contributed by atoms with E-state index in [1.165, 1.54) is 4.88 Å². The molecule has 2 aromatic rings. The molecule has 0 fully saturated rings. The van der Waals surface area contributed by atoms with Crippen LogP contribution in [0.1, 0.15) is 24.3 Å². The number of nitrogens with two attached hydrogens (primary N) is 1. The van der Waals surface area contributed by atoms with Crippen molar-refractivity contribution in [3.63, 3.8) is 0 Å². The van der Waals surface area contributed by atoms with E-state index in [1.54, 1.807) is 23.5 Å². The van der Waals surface area contributed by atoms with Crippen LogP contribution >= 0.6 is 11.3 Å². The number of nitrogen functional groups attached to an aromatic ring is 1. The molecule has 3 N–H and O–H groups in total. The lowest BCUT2D eigenvalue weighted by molar-refractivity contribution is -0.116. The van der Waals surface area contributed by atoms with E-state index in [1.807, 2.05) is 19.2 Å². The number of nitrogens with zero attached hydrogens (tertiary/aromatic N) is 1. The maximum Gasteiger partial charge on any atom is 0.225 e. The summed E-state index contributed by atoms with van der Waals surface area (Å²) in [6, 6.07) is 11.7. The van der Waals surface area contributed by atoms with Gasteiger partial charge in [-0.1, -0.05) is 12.1 Å². The van der Waals surface area contributed by atoms with Crippen molar-refractivity contribution in [2.45, 2.75) is 19.4 Å². The van der Waals surface area contributed by atoms with Crippen LogP contribution in [-0.4, -0.2) is 24.4 Å². The van der Waals surface area contributed by atoms with E-state index < -0.39 is 0 Å². The average Bonchev–Trinajstić information content (AvgIpc) is 2.98. The van der Waals surface area contributed by atoms with Crippen molar-refractivity contribution in [2.24, 2.45) is 0 Å². The van der Waals surface area contributed by atoms with Crippen LogP contribution < -0.4 is 11.1 Å². The van der Waals surface area contributed by atoms with E-state index in [-0.39, 0.29) is 5.91 Å². The van der Waals surface area contributed by atoms with Gasteiger partial charge in [-0.05, 0) is 43.6 Å². The van der Waals surface area contributed by atoms with Crippen LogP contribution in [0.4, 0.5) is 11.4 Å². The van der Waals surface area contributed by atoms with Gasteiger partial charge in [0.25, 0.3) is 0 Å². The Kier molecular flexibility index (Phi) is 5.36. The summed E-state index contributed by atoms with van der Waals surface area (Å²) in [6.45, 7) is 2.87. The monoisotopic (exact) mass is 303 g/mol. The third-order valence-electron chi connectivity index (χ3n) is 3.48. The Morgan fingerprint density at radius 1 is 1.38 bits per heavy atom. The number of amides is 1. The molecule has 0 bridgehead atoms. The molecule has 1 amide bonds. The highest BCUT2D eigenvalue weighted by Crippen LogP contribution is 2.23. The van der Waals surface area contributed by atoms with Crippen LogP contribution in [0.5, 0.6) is 0 Å². The Bertz CT molecular complexity index is 583. The number of rotatable bonds is 6. The zero-order valence-electron chi connectivity index (χ0n) is 12.4. The summed E-state index contributed by atoms with van der Waals surface area (Å²) < 4.78 is 0. The van der Waals surface area contributed by atoms with Gasteiger partial charge in [-0.2, -0.15) is 0 Å². The lowest BCUT2D eigenvalue weighted by atomic mass is 10.2. The van der Waals surface area contributed by atoms with Gasteiger partial charge in [-0.3, -0.25) is 9.69 Å². The van der Waals surface area contributed by atoms with Gasteiger partial charge in [-0.15, -0.1) is 11.3 Å². The van der Waals surface area contributed by atoms with Gasteiger partial charge < -0.3 is 11.1 Å². The Morgan fingerprint density at radius 3 is 2.86 bits per heavy atom. The Balaban J connectivity index is 1.81. The van der Waals surface area contributed by atoms with E-state index in [0.717, 1.165) is 5.69 Å². The second kappa shape index (κ2) is 7.24. The third kappa shape index (κ3) is 4.58. The Morgan fingerprint density at radius 2 is 2.19 bits per heavy atom. The zero-order valence-corrected chi connectivity index (χ0v) is 13.2. The van der Waals surface area contributed by atoms with Gasteiger partial charge in [0.15, 0.2) is 0 Å². The lowest BCUT2D eigenvalue weighted by Crippen LogP contribution is -2.26. The molecule has 1 aromatic heterocycles. The topological polar surface area (TPSA) is 58.4 Å². The average molecular weight is 303 g/mol. The van der Waals surface area contributed by atoms with Gasteiger partial charge in [0.2, 0.25) is 5.91 Å². The normalized spacial score (nSPS) is 12.3. The first-order chi connectivity index (χ1) is 10.1. The van der Waals surface area contributed by atoms with E-state index >= 15 is 0 Å². The molecular formula is C16H21N3OS. The second-order valence-electron chi connectivity index (χ2n) is 5.10. The molecule has 1 unspecified atom stereocenters. The van der Waals surface area contributed by atoms with E-state index in [2.05, 4.69) is 34.7 Å². The number of carbonyl (C=O) groups excluding carboxylic acids is 1. The molecule has 0 aliphatic heterocycles. The predicted molar refractivity (Wildman–Crippen MR) is 89.5 cm³/mol. The van der Waals surface area contributed by atoms with Crippen molar-refractivity contribution in [3.8, 4) is 0 Å². The molecule has 1 aromatic carbocycles. The summed E-state index contributed by atoms with van der Waals surface area (Å²) in [4.78, 5) is 15.5. The maximum absolute atomic E-state index is 12.0. The fraction of sp³-hybridized carbons (Fsp3) is 0.312. The molecule has 21 heavy (non-hydrogen) atoms. The fourth-order valence-corrected chi connectivity index (χ4v) is 2.91. The largest absolute Gasteiger partial charge is 0.399 e. The highest BCUT2D eigenvalue weighted by molar-refractivity contribution is 7.10. The molecule has 0 saturated carbocycles. The Hall–Kier alpha value is -1.85. The van der Waals surface area contributed by atoms with Crippen molar-refractivity contribution in [1.82, 2.24) is 4.90 Å². The number of hydrogen-bond donors (Lipinski definition) is 2. The van der Waals surface area contributed by atoms with Gasteiger partial charge in [0.05, 0.1) is 0 Å². The molecule has 1 heterocycles. The molecule has 2 rings (SSSR count). The smallest absolute Gasteiger partial charge is 0.225 e. The van der Waals surface area contributed by atoms with Gasteiger partial charge in [-0.25, -0.2) is 0 Å². The first-order valence-electron chi connectivity index (χ1n) is 6.95. The van der Waals surface area contributed by atoms with Crippen molar-refractivity contribution in [1.29, 1.82) is 0 Å². The van der Waals surface area contributed by atoms with Crippen LogP contribution in [0.25, 0.3) is 0 Å². The summed E-state index contributed by atoms with van der Waals surface area (Å²) >= 11 is 1.74. The summed E-state index contributed by atoms with van der Waals surface area (Å²) in [5.74, 6) is 0.00540. The third-order valence-corrected chi connectivity index (χ3v) is 4.52. The van der Waals surface area contributed by atoms with Crippen molar-refractivity contribution in [2.75, 3.05) is 24.6 Å². The number of anilines is 2. The quantitative estimate of drug-likeness (QED) is 0.805. The molecule has 1 atom stereocenters. The molecule has 112 valence electrons. The Labute approximate surface area is 129 Å². The van der Waals surface area contributed by atoms with Crippen LogP contribution in [-0.2, 0) is 4.79 Å². The summed E-state index contributed by atoms with van der Waals surface area (Å²) in [6.07, 6.45) is 0.459. The summed E-state index contributed by atoms with van der Waals surface area (Å²) in [7, 11) is 2.04. The molecule has 0 radical (unpaired) electrons.